The lowest BCUT2D eigenvalue weighted by molar-refractivity contribution is -0.00257. The SMILES string of the molecule is CN(C1=Nc2ncc(C(=O)NC3CCC(C(C)(C)O)CC3)cc2[B]1)C(C)(C)C. The third kappa shape index (κ3) is 4.57. The van der Waals surface area contributed by atoms with Gasteiger partial charge in [-0.2, -0.15) is 0 Å². The second-order valence-corrected chi connectivity index (χ2v) is 9.66. The zero-order chi connectivity index (χ0) is 20.7. The van der Waals surface area contributed by atoms with Crippen molar-refractivity contribution in [1.29, 1.82) is 0 Å². The molecule has 1 radical (unpaired) electrons. The normalized spacial score (nSPS) is 22.2. The van der Waals surface area contributed by atoms with E-state index < -0.39 is 5.60 Å². The average molecular weight is 383 g/mol. The van der Waals surface area contributed by atoms with Crippen LogP contribution in [0.15, 0.2) is 17.3 Å². The van der Waals surface area contributed by atoms with Gasteiger partial charge in [-0.3, -0.25) is 4.79 Å². The Kier molecular flexibility index (Phi) is 5.59. The van der Waals surface area contributed by atoms with E-state index >= 15 is 0 Å². The van der Waals surface area contributed by atoms with Gasteiger partial charge in [0.2, 0.25) is 7.28 Å². The molecular formula is C21H32BN4O2. The molecule has 0 bridgehead atoms. The topological polar surface area (TPSA) is 77.8 Å². The highest BCUT2D eigenvalue weighted by atomic mass is 16.3. The van der Waals surface area contributed by atoms with Crippen LogP contribution < -0.4 is 10.8 Å². The van der Waals surface area contributed by atoms with Crippen LogP contribution in [0.5, 0.6) is 0 Å². The molecule has 0 saturated heterocycles. The molecule has 0 aromatic carbocycles. The molecule has 2 aliphatic rings. The predicted molar refractivity (Wildman–Crippen MR) is 114 cm³/mol. The van der Waals surface area contributed by atoms with Crippen LogP contribution in [0.25, 0.3) is 0 Å². The fourth-order valence-electron chi connectivity index (χ4n) is 3.81. The van der Waals surface area contributed by atoms with Gasteiger partial charge in [0.25, 0.3) is 5.91 Å². The Morgan fingerprint density at radius 2 is 1.86 bits per heavy atom. The molecule has 151 valence electrons. The molecule has 2 heterocycles. The van der Waals surface area contributed by atoms with Crippen LogP contribution in [0.1, 0.15) is 70.7 Å². The summed E-state index contributed by atoms with van der Waals surface area (Å²) in [6.45, 7) is 10.1. The highest BCUT2D eigenvalue weighted by molar-refractivity contribution is 6.87. The third-order valence-electron chi connectivity index (χ3n) is 6.07. The minimum absolute atomic E-state index is 0.0421. The minimum Gasteiger partial charge on any atom is -0.390 e. The van der Waals surface area contributed by atoms with E-state index in [-0.39, 0.29) is 17.5 Å². The first-order valence-electron chi connectivity index (χ1n) is 10.2. The zero-order valence-corrected chi connectivity index (χ0v) is 17.9. The Labute approximate surface area is 169 Å². The van der Waals surface area contributed by atoms with Gasteiger partial charge in [0.1, 0.15) is 5.82 Å². The number of nitrogens with one attached hydrogen (secondary N) is 1. The molecule has 2 N–H and O–H groups in total. The smallest absolute Gasteiger partial charge is 0.253 e. The van der Waals surface area contributed by atoms with Gasteiger partial charge in [-0.1, -0.05) is 0 Å². The number of nitrogens with zero attached hydrogens (tertiary/aromatic N) is 3. The number of carbonyl (C=O) groups is 1. The van der Waals surface area contributed by atoms with Crippen molar-refractivity contribution in [3.05, 3.63) is 17.8 Å². The molecule has 0 atom stereocenters. The number of hydrogen-bond donors (Lipinski definition) is 2. The van der Waals surface area contributed by atoms with E-state index in [1.807, 2.05) is 34.2 Å². The summed E-state index contributed by atoms with van der Waals surface area (Å²) in [5.41, 5.74) is 1.61. The molecule has 0 spiro atoms. The van der Waals surface area contributed by atoms with Gasteiger partial charge >= 0.3 is 0 Å². The molecule has 1 aromatic rings. The number of aliphatic imine (C=N–C) groups is 1. The predicted octanol–water partition coefficient (Wildman–Crippen LogP) is 2.20. The van der Waals surface area contributed by atoms with Gasteiger partial charge in [-0.15, -0.1) is 0 Å². The zero-order valence-electron chi connectivity index (χ0n) is 17.9. The van der Waals surface area contributed by atoms with Crippen LogP contribution in [-0.2, 0) is 0 Å². The van der Waals surface area contributed by atoms with E-state index in [4.69, 9.17) is 0 Å². The van der Waals surface area contributed by atoms with E-state index in [1.165, 1.54) is 0 Å². The second kappa shape index (κ2) is 7.50. The lowest BCUT2D eigenvalue weighted by Crippen LogP contribution is -2.45. The van der Waals surface area contributed by atoms with Crippen molar-refractivity contribution in [3.63, 3.8) is 0 Å². The number of pyridine rings is 1. The van der Waals surface area contributed by atoms with Gasteiger partial charge in [-0.05, 0) is 77.7 Å². The van der Waals surface area contributed by atoms with Crippen molar-refractivity contribution in [2.24, 2.45) is 10.9 Å². The van der Waals surface area contributed by atoms with Crippen LogP contribution in [0.2, 0.25) is 0 Å². The van der Waals surface area contributed by atoms with Gasteiger partial charge < -0.3 is 15.3 Å². The molecule has 3 rings (SSSR count). The number of aliphatic hydroxyl groups is 1. The van der Waals surface area contributed by atoms with Crippen molar-refractivity contribution in [1.82, 2.24) is 15.2 Å². The van der Waals surface area contributed by atoms with Crippen molar-refractivity contribution >= 4 is 30.2 Å². The summed E-state index contributed by atoms with van der Waals surface area (Å²) in [6, 6.07) is 2.02. The highest BCUT2D eigenvalue weighted by Crippen LogP contribution is 2.32. The summed E-state index contributed by atoms with van der Waals surface area (Å²) >= 11 is 0. The lowest BCUT2D eigenvalue weighted by atomic mass is 9.69. The summed E-state index contributed by atoms with van der Waals surface area (Å²) in [5.74, 6) is 0.869. The fraction of sp³-hybridized carbons (Fsp3) is 0.667. The Balaban J connectivity index is 1.60. The maximum atomic E-state index is 12.7. The molecule has 6 nitrogen and oxygen atoms in total. The van der Waals surface area contributed by atoms with E-state index in [1.54, 1.807) is 6.20 Å². The average Bonchev–Trinajstić information content (AvgIpc) is 3.02. The molecule has 1 fully saturated rings. The van der Waals surface area contributed by atoms with Crippen molar-refractivity contribution in [3.8, 4) is 0 Å². The molecule has 7 heteroatoms. The first-order chi connectivity index (χ1) is 12.9. The number of carbonyl (C=O) groups excluding carboxylic acids is 1. The standard InChI is InChI=1S/C21H32BN4O2/c1-20(2,3)26(6)19-22-16-11-13(12-23-17(16)25-19)18(27)24-15-9-7-14(8-10-15)21(4,5)28/h11-12,14-15,28H,7-10H2,1-6H3,(H,24,27). The van der Waals surface area contributed by atoms with Gasteiger partial charge in [-0.25, -0.2) is 9.98 Å². The lowest BCUT2D eigenvalue weighted by Gasteiger charge is -2.36. The number of aromatic nitrogens is 1. The third-order valence-corrected chi connectivity index (χ3v) is 6.07. The monoisotopic (exact) mass is 383 g/mol. The maximum absolute atomic E-state index is 12.7. The first kappa shape index (κ1) is 20.8. The van der Waals surface area contributed by atoms with Gasteiger partial charge in [0.15, 0.2) is 0 Å². The molecule has 1 aliphatic carbocycles. The summed E-state index contributed by atoms with van der Waals surface area (Å²) in [4.78, 5) is 23.8. The van der Waals surface area contributed by atoms with Crippen LogP contribution in [0.3, 0.4) is 0 Å². The molecule has 1 aliphatic heterocycles. The first-order valence-corrected chi connectivity index (χ1v) is 10.2. The largest absolute Gasteiger partial charge is 0.390 e. The van der Waals surface area contributed by atoms with Crippen LogP contribution in [-0.4, -0.2) is 58.1 Å². The van der Waals surface area contributed by atoms with E-state index in [9.17, 15) is 9.90 Å². The molecule has 28 heavy (non-hydrogen) atoms. The summed E-state index contributed by atoms with van der Waals surface area (Å²) < 4.78 is 0. The number of rotatable bonds is 3. The van der Waals surface area contributed by atoms with Crippen molar-refractivity contribution in [2.75, 3.05) is 7.05 Å². The minimum atomic E-state index is -0.646. The second-order valence-electron chi connectivity index (χ2n) is 9.66. The van der Waals surface area contributed by atoms with Gasteiger partial charge in [0, 0.05) is 24.8 Å². The van der Waals surface area contributed by atoms with Crippen LogP contribution in [0.4, 0.5) is 5.82 Å². The van der Waals surface area contributed by atoms with E-state index in [0.717, 1.165) is 36.9 Å². The number of hydrogen-bond acceptors (Lipinski definition) is 5. The molecule has 1 saturated carbocycles. The van der Waals surface area contributed by atoms with Crippen molar-refractivity contribution < 1.29 is 9.90 Å². The summed E-state index contributed by atoms with van der Waals surface area (Å²) in [6.07, 6.45) is 5.26. The van der Waals surface area contributed by atoms with Crippen LogP contribution in [0, 0.1) is 5.92 Å². The Morgan fingerprint density at radius 3 is 2.43 bits per heavy atom. The van der Waals surface area contributed by atoms with Crippen LogP contribution >= 0.6 is 0 Å². The van der Waals surface area contributed by atoms with E-state index in [0.29, 0.717) is 17.3 Å². The molecule has 1 amide bonds. The number of amides is 1. The Hall–Kier alpha value is -1.89. The van der Waals surface area contributed by atoms with Crippen molar-refractivity contribution in [2.45, 2.75) is 77.5 Å². The Morgan fingerprint density at radius 1 is 1.21 bits per heavy atom. The fourth-order valence-corrected chi connectivity index (χ4v) is 3.81. The Bertz CT molecular complexity index is 772. The number of fused-ring (bicyclic) bond motifs is 1. The van der Waals surface area contributed by atoms with E-state index in [2.05, 4.69) is 41.0 Å². The summed E-state index contributed by atoms with van der Waals surface area (Å²) in [5, 5.41) is 13.3. The molecule has 1 aromatic heterocycles. The maximum Gasteiger partial charge on any atom is 0.253 e. The number of amidine groups is 1. The highest BCUT2D eigenvalue weighted by Gasteiger charge is 2.32. The molecule has 0 unspecified atom stereocenters. The molecular weight excluding hydrogens is 351 g/mol. The summed E-state index contributed by atoms with van der Waals surface area (Å²) in [7, 11) is 4.00. The van der Waals surface area contributed by atoms with Gasteiger partial charge in [0.05, 0.1) is 16.9 Å². The quantitative estimate of drug-likeness (QED) is 0.785.